The average Bonchev–Trinajstić information content (AvgIpc) is 3.00. The predicted octanol–water partition coefficient (Wildman–Crippen LogP) is 4.05. The van der Waals surface area contributed by atoms with Crippen LogP contribution in [-0.4, -0.2) is 24.3 Å². The molecule has 8 heteroatoms. The Labute approximate surface area is 175 Å². The number of primary sulfonamides is 1. The molecule has 2 N–H and O–H groups in total. The lowest BCUT2D eigenvalue weighted by atomic mass is 10.0. The van der Waals surface area contributed by atoms with Crippen LogP contribution in [-0.2, 0) is 23.0 Å². The van der Waals surface area contributed by atoms with Crippen LogP contribution in [0.2, 0.25) is 5.15 Å². The molecule has 6 nitrogen and oxygen atoms in total. The van der Waals surface area contributed by atoms with Gasteiger partial charge in [-0.2, -0.15) is 0 Å². The van der Waals surface area contributed by atoms with Gasteiger partial charge in [0, 0.05) is 18.5 Å². The number of imidazole rings is 1. The molecular weight excluding hydrogens is 410 g/mol. The molecule has 0 bridgehead atoms. The Morgan fingerprint density at radius 3 is 2.45 bits per heavy atom. The molecule has 3 rings (SSSR count). The minimum absolute atomic E-state index is 0.0826. The maximum absolute atomic E-state index is 11.9. The molecule has 1 heterocycles. The van der Waals surface area contributed by atoms with E-state index in [1.807, 2.05) is 28.8 Å². The van der Waals surface area contributed by atoms with Crippen LogP contribution in [0.5, 0.6) is 0 Å². The number of benzene rings is 2. The molecule has 152 valence electrons. The number of aryl methyl sites for hydroxylation is 1. The Hall–Kier alpha value is -2.48. The van der Waals surface area contributed by atoms with Gasteiger partial charge in [0.2, 0.25) is 10.0 Å². The molecule has 0 saturated heterocycles. The summed E-state index contributed by atoms with van der Waals surface area (Å²) in [4.78, 5) is 15.9. The summed E-state index contributed by atoms with van der Waals surface area (Å²) in [6.45, 7) is 2.54. The van der Waals surface area contributed by atoms with Gasteiger partial charge in [0.15, 0.2) is 11.4 Å². The summed E-state index contributed by atoms with van der Waals surface area (Å²) in [5.41, 5.74) is 2.59. The van der Waals surface area contributed by atoms with Gasteiger partial charge in [-0.05, 0) is 23.6 Å². The van der Waals surface area contributed by atoms with Gasteiger partial charge in [0.1, 0.15) is 11.5 Å². The first-order valence-electron chi connectivity index (χ1n) is 9.26. The fraction of sp³-hybridized carbons (Fsp3) is 0.238. The lowest BCUT2D eigenvalue weighted by Crippen LogP contribution is -2.13. The molecule has 1 aromatic heterocycles. The number of carbonyl (C=O) groups excluding carboxylic acids is 1. The van der Waals surface area contributed by atoms with Crippen molar-refractivity contribution in [2.45, 2.75) is 37.6 Å². The van der Waals surface area contributed by atoms with Crippen LogP contribution in [0.4, 0.5) is 0 Å². The Morgan fingerprint density at radius 1 is 1.14 bits per heavy atom. The highest BCUT2D eigenvalue weighted by Crippen LogP contribution is 2.27. The molecule has 29 heavy (non-hydrogen) atoms. The van der Waals surface area contributed by atoms with Crippen LogP contribution in [0.15, 0.2) is 53.4 Å². The number of sulfonamides is 1. The third-order valence-corrected chi connectivity index (χ3v) is 5.95. The van der Waals surface area contributed by atoms with E-state index < -0.39 is 10.0 Å². The molecule has 0 fully saturated rings. The van der Waals surface area contributed by atoms with E-state index in [1.165, 1.54) is 6.07 Å². The molecular formula is C21H22ClN3O3S. The van der Waals surface area contributed by atoms with Crippen molar-refractivity contribution in [2.75, 3.05) is 0 Å². The fourth-order valence-electron chi connectivity index (χ4n) is 3.22. The number of nitrogens with two attached hydrogens (primary N) is 1. The van der Waals surface area contributed by atoms with Crippen molar-refractivity contribution in [3.8, 4) is 11.1 Å². The van der Waals surface area contributed by atoms with Crippen LogP contribution in [0.25, 0.3) is 11.1 Å². The second-order valence-corrected chi connectivity index (χ2v) is 8.64. The molecule has 0 unspecified atom stereocenters. The van der Waals surface area contributed by atoms with E-state index in [2.05, 4.69) is 11.9 Å². The molecule has 2 aromatic carbocycles. The van der Waals surface area contributed by atoms with E-state index in [0.717, 1.165) is 42.5 Å². The van der Waals surface area contributed by atoms with Crippen molar-refractivity contribution in [1.82, 2.24) is 9.55 Å². The van der Waals surface area contributed by atoms with Crippen molar-refractivity contribution in [3.05, 3.63) is 70.8 Å². The van der Waals surface area contributed by atoms with Crippen LogP contribution < -0.4 is 5.14 Å². The highest BCUT2D eigenvalue weighted by molar-refractivity contribution is 7.89. The fourth-order valence-corrected chi connectivity index (χ4v) is 4.23. The van der Waals surface area contributed by atoms with Crippen molar-refractivity contribution < 1.29 is 13.2 Å². The summed E-state index contributed by atoms with van der Waals surface area (Å²) < 4.78 is 25.5. The van der Waals surface area contributed by atoms with Crippen LogP contribution in [0, 0.1) is 0 Å². The zero-order valence-corrected chi connectivity index (χ0v) is 17.6. The zero-order valence-electron chi connectivity index (χ0n) is 16.0. The minimum atomic E-state index is -3.83. The number of carbonyl (C=O) groups is 1. The quantitative estimate of drug-likeness (QED) is 0.544. The Balaban J connectivity index is 1.93. The van der Waals surface area contributed by atoms with E-state index in [0.29, 0.717) is 17.8 Å². The first kappa shape index (κ1) is 21.2. The van der Waals surface area contributed by atoms with E-state index in [9.17, 15) is 13.2 Å². The summed E-state index contributed by atoms with van der Waals surface area (Å²) in [5.74, 6) is 0.780. The second kappa shape index (κ2) is 8.90. The number of hydrogen-bond acceptors (Lipinski definition) is 4. The van der Waals surface area contributed by atoms with Crippen LogP contribution >= 0.6 is 11.6 Å². The lowest BCUT2D eigenvalue weighted by Gasteiger charge is -2.11. The summed E-state index contributed by atoms with van der Waals surface area (Å²) in [5, 5.41) is 5.55. The van der Waals surface area contributed by atoms with Crippen molar-refractivity contribution >= 4 is 27.9 Å². The number of unbranched alkanes of at least 4 members (excludes halogenated alkanes) is 1. The van der Waals surface area contributed by atoms with E-state index in [-0.39, 0.29) is 10.0 Å². The Kier molecular flexibility index (Phi) is 6.52. The maximum atomic E-state index is 11.9. The molecule has 0 radical (unpaired) electrons. The number of aldehydes is 1. The zero-order chi connectivity index (χ0) is 21.0. The monoisotopic (exact) mass is 431 g/mol. The van der Waals surface area contributed by atoms with Crippen LogP contribution in [0.1, 0.15) is 41.6 Å². The highest BCUT2D eigenvalue weighted by atomic mass is 35.5. The van der Waals surface area contributed by atoms with Gasteiger partial charge in [0.05, 0.1) is 4.90 Å². The Morgan fingerprint density at radius 2 is 1.83 bits per heavy atom. The van der Waals surface area contributed by atoms with Gasteiger partial charge in [0.25, 0.3) is 0 Å². The van der Waals surface area contributed by atoms with Crippen LogP contribution in [0.3, 0.4) is 0 Å². The van der Waals surface area contributed by atoms with Gasteiger partial charge in [-0.15, -0.1) is 0 Å². The van der Waals surface area contributed by atoms with Gasteiger partial charge in [-0.3, -0.25) is 4.79 Å². The first-order valence-corrected chi connectivity index (χ1v) is 11.2. The van der Waals surface area contributed by atoms with Gasteiger partial charge < -0.3 is 4.57 Å². The first-order chi connectivity index (χ1) is 13.8. The summed E-state index contributed by atoms with van der Waals surface area (Å²) >= 11 is 6.13. The number of hydrogen-bond donors (Lipinski definition) is 1. The van der Waals surface area contributed by atoms with Crippen molar-refractivity contribution in [2.24, 2.45) is 5.14 Å². The number of halogens is 1. The molecule has 0 spiro atoms. The highest BCUT2D eigenvalue weighted by Gasteiger charge is 2.17. The van der Waals surface area contributed by atoms with E-state index >= 15 is 0 Å². The SMILES string of the molecule is CCCCc1nc(Cl)c(C=O)n1Cc1ccc(-c2ccccc2S(N)(=O)=O)cc1. The Bertz CT molecular complexity index is 1120. The van der Waals surface area contributed by atoms with E-state index in [1.54, 1.807) is 18.2 Å². The number of nitrogens with zero attached hydrogens (tertiary/aromatic N) is 2. The third-order valence-electron chi connectivity index (χ3n) is 4.71. The molecule has 3 aromatic rings. The normalized spacial score (nSPS) is 11.6. The van der Waals surface area contributed by atoms with E-state index in [4.69, 9.17) is 16.7 Å². The van der Waals surface area contributed by atoms with Gasteiger partial charge in [-0.25, -0.2) is 18.5 Å². The smallest absolute Gasteiger partial charge is 0.238 e. The maximum Gasteiger partial charge on any atom is 0.238 e. The molecule has 0 aliphatic heterocycles. The van der Waals surface area contributed by atoms with Crippen molar-refractivity contribution in [1.29, 1.82) is 0 Å². The average molecular weight is 432 g/mol. The molecule has 0 aliphatic rings. The second-order valence-electron chi connectivity index (χ2n) is 6.75. The summed E-state index contributed by atoms with van der Waals surface area (Å²) in [7, 11) is -3.83. The summed E-state index contributed by atoms with van der Waals surface area (Å²) in [6.07, 6.45) is 3.43. The van der Waals surface area contributed by atoms with Crippen molar-refractivity contribution in [3.63, 3.8) is 0 Å². The third kappa shape index (κ3) is 4.75. The molecule has 0 aliphatic carbocycles. The van der Waals surface area contributed by atoms with Gasteiger partial charge >= 0.3 is 0 Å². The standard InChI is InChI=1S/C21H22ClN3O3S/c1-2-3-8-20-24-21(22)18(14-26)25(20)13-15-9-11-16(12-10-15)17-6-4-5-7-19(17)29(23,27)28/h4-7,9-12,14H,2-3,8,13H2,1H3,(H2,23,27,28). The molecule has 0 saturated carbocycles. The molecule has 0 atom stereocenters. The lowest BCUT2D eigenvalue weighted by molar-refractivity contribution is 0.111. The number of aromatic nitrogens is 2. The number of rotatable bonds is 8. The van der Waals surface area contributed by atoms with Gasteiger partial charge in [-0.1, -0.05) is 67.4 Å². The largest absolute Gasteiger partial charge is 0.320 e. The predicted molar refractivity (Wildman–Crippen MR) is 114 cm³/mol. The minimum Gasteiger partial charge on any atom is -0.320 e. The summed E-state index contributed by atoms with van der Waals surface area (Å²) in [6, 6.07) is 14.1. The molecule has 0 amide bonds. The topological polar surface area (TPSA) is 95.0 Å².